The van der Waals surface area contributed by atoms with Crippen molar-refractivity contribution in [3.63, 3.8) is 0 Å². The summed E-state index contributed by atoms with van der Waals surface area (Å²) >= 11 is 1.97. The Morgan fingerprint density at radius 1 is 1.43 bits per heavy atom. The fourth-order valence-corrected chi connectivity index (χ4v) is 4.90. The summed E-state index contributed by atoms with van der Waals surface area (Å²) in [6.07, 6.45) is 4.55. The first-order valence-corrected chi connectivity index (χ1v) is 9.13. The summed E-state index contributed by atoms with van der Waals surface area (Å²) in [5, 5.41) is 0. The molecule has 2 nitrogen and oxygen atoms in total. The molecule has 1 aromatic rings. The van der Waals surface area contributed by atoms with Crippen LogP contribution >= 0.6 is 11.8 Å². The van der Waals surface area contributed by atoms with Crippen molar-refractivity contribution in [2.24, 2.45) is 5.92 Å². The summed E-state index contributed by atoms with van der Waals surface area (Å²) in [6, 6.07) is 8.38. The molecular weight excluding hydrogens is 280 g/mol. The van der Waals surface area contributed by atoms with E-state index in [1.54, 1.807) is 0 Å². The molecule has 2 heterocycles. The highest BCUT2D eigenvalue weighted by atomic mass is 32.2. The Labute approximate surface area is 131 Å². The lowest BCUT2D eigenvalue weighted by atomic mass is 9.81. The number of Topliss-reactive ketones (excluding diaryl/α,β-unsaturated/α-hetero) is 1. The molecule has 2 saturated heterocycles. The third-order valence-corrected chi connectivity index (χ3v) is 6.14. The fourth-order valence-electron chi connectivity index (χ4n) is 3.52. The first-order chi connectivity index (χ1) is 10.2. The van der Waals surface area contributed by atoms with E-state index in [2.05, 4.69) is 31.2 Å². The highest BCUT2D eigenvalue weighted by Gasteiger charge is 2.42. The molecular formula is C18H24O2S. The molecule has 2 aliphatic rings. The van der Waals surface area contributed by atoms with Crippen LogP contribution in [-0.4, -0.2) is 29.5 Å². The van der Waals surface area contributed by atoms with Gasteiger partial charge in [0.15, 0.2) is 0 Å². The number of rotatable bonds is 4. The highest BCUT2D eigenvalue weighted by molar-refractivity contribution is 7.99. The van der Waals surface area contributed by atoms with Gasteiger partial charge in [-0.05, 0) is 49.5 Å². The number of ether oxygens (including phenoxy) is 1. The van der Waals surface area contributed by atoms with E-state index in [9.17, 15) is 4.79 Å². The van der Waals surface area contributed by atoms with Gasteiger partial charge in [-0.1, -0.05) is 24.3 Å². The van der Waals surface area contributed by atoms with E-state index in [1.807, 2.05) is 11.8 Å². The smallest absolute Gasteiger partial charge is 0.136 e. The van der Waals surface area contributed by atoms with Crippen LogP contribution < -0.4 is 0 Å². The lowest BCUT2D eigenvalue weighted by molar-refractivity contribution is -0.134. The van der Waals surface area contributed by atoms with Crippen molar-refractivity contribution in [2.45, 2.75) is 44.6 Å². The van der Waals surface area contributed by atoms with E-state index in [4.69, 9.17) is 4.74 Å². The Balaban J connectivity index is 1.57. The van der Waals surface area contributed by atoms with Gasteiger partial charge in [-0.3, -0.25) is 4.79 Å². The van der Waals surface area contributed by atoms with Gasteiger partial charge in [0.2, 0.25) is 0 Å². The fraction of sp³-hybridized carbons (Fsp3) is 0.611. The molecule has 0 amide bonds. The van der Waals surface area contributed by atoms with Gasteiger partial charge in [-0.2, -0.15) is 11.8 Å². The number of ketones is 1. The Morgan fingerprint density at radius 3 is 3.05 bits per heavy atom. The van der Waals surface area contributed by atoms with Crippen molar-refractivity contribution < 1.29 is 9.53 Å². The standard InChI is InChI=1S/C18H24O2S/c1-14-4-2-3-5-15(14)6-7-17(19)16-8-10-20-18(12-16)9-11-21-13-18/h2-5,16H,6-13H2,1H3. The van der Waals surface area contributed by atoms with Crippen LogP contribution in [0.15, 0.2) is 24.3 Å². The van der Waals surface area contributed by atoms with Gasteiger partial charge >= 0.3 is 0 Å². The van der Waals surface area contributed by atoms with E-state index in [0.717, 1.165) is 38.0 Å². The van der Waals surface area contributed by atoms with E-state index in [0.29, 0.717) is 12.2 Å². The second-order valence-corrected chi connectivity index (χ2v) is 7.52. The first-order valence-electron chi connectivity index (χ1n) is 7.97. The minimum atomic E-state index is 0.0197. The monoisotopic (exact) mass is 304 g/mol. The van der Waals surface area contributed by atoms with Gasteiger partial charge in [0.05, 0.1) is 5.60 Å². The molecule has 3 rings (SSSR count). The third-order valence-electron chi connectivity index (χ3n) is 4.92. The van der Waals surface area contributed by atoms with Gasteiger partial charge in [-0.25, -0.2) is 0 Å². The number of carbonyl (C=O) groups excluding carboxylic acids is 1. The SMILES string of the molecule is Cc1ccccc1CCC(=O)C1CCOC2(CCSC2)C1. The van der Waals surface area contributed by atoms with Crippen molar-refractivity contribution in [3.8, 4) is 0 Å². The van der Waals surface area contributed by atoms with Gasteiger partial charge in [0.1, 0.15) is 5.78 Å². The molecule has 2 atom stereocenters. The molecule has 0 saturated carbocycles. The quantitative estimate of drug-likeness (QED) is 0.846. The van der Waals surface area contributed by atoms with Crippen molar-refractivity contribution in [1.29, 1.82) is 0 Å². The molecule has 0 bridgehead atoms. The van der Waals surface area contributed by atoms with Gasteiger partial charge in [0, 0.05) is 24.7 Å². The van der Waals surface area contributed by atoms with Gasteiger partial charge < -0.3 is 4.74 Å². The predicted molar refractivity (Wildman–Crippen MR) is 87.9 cm³/mol. The Hall–Kier alpha value is -0.800. The molecule has 1 spiro atoms. The van der Waals surface area contributed by atoms with Gasteiger partial charge in [0.25, 0.3) is 0 Å². The second-order valence-electron chi connectivity index (χ2n) is 6.42. The summed E-state index contributed by atoms with van der Waals surface area (Å²) in [7, 11) is 0. The maximum Gasteiger partial charge on any atom is 0.136 e. The molecule has 0 N–H and O–H groups in total. The molecule has 2 fully saturated rings. The molecule has 21 heavy (non-hydrogen) atoms. The molecule has 2 aliphatic heterocycles. The number of hydrogen-bond acceptors (Lipinski definition) is 3. The minimum absolute atomic E-state index is 0.0197. The Kier molecular flexibility index (Phi) is 4.70. The van der Waals surface area contributed by atoms with Crippen molar-refractivity contribution in [1.82, 2.24) is 0 Å². The lowest BCUT2D eigenvalue weighted by Crippen LogP contribution is -2.42. The maximum atomic E-state index is 12.6. The summed E-state index contributed by atoms with van der Waals surface area (Å²) in [5.41, 5.74) is 2.62. The molecule has 0 aliphatic carbocycles. The van der Waals surface area contributed by atoms with Gasteiger partial charge in [-0.15, -0.1) is 0 Å². The van der Waals surface area contributed by atoms with Crippen molar-refractivity contribution in [2.75, 3.05) is 18.1 Å². The number of thioether (sulfide) groups is 1. The van der Waals surface area contributed by atoms with Crippen LogP contribution in [0.4, 0.5) is 0 Å². The average Bonchev–Trinajstić information content (AvgIpc) is 2.94. The molecule has 3 heteroatoms. The molecule has 0 radical (unpaired) electrons. The van der Waals surface area contributed by atoms with E-state index >= 15 is 0 Å². The normalized spacial score (nSPS) is 28.9. The van der Waals surface area contributed by atoms with Crippen LogP contribution in [0.5, 0.6) is 0 Å². The zero-order chi connectivity index (χ0) is 14.7. The van der Waals surface area contributed by atoms with E-state index in [-0.39, 0.29) is 11.5 Å². The number of aryl methyl sites for hydroxylation is 2. The first kappa shape index (κ1) is 15.1. The Bertz CT molecular complexity index is 506. The zero-order valence-electron chi connectivity index (χ0n) is 12.8. The lowest BCUT2D eigenvalue weighted by Gasteiger charge is -2.37. The second kappa shape index (κ2) is 6.53. The molecule has 2 unspecified atom stereocenters. The largest absolute Gasteiger partial charge is 0.374 e. The predicted octanol–water partition coefficient (Wildman–Crippen LogP) is 3.80. The minimum Gasteiger partial charge on any atom is -0.374 e. The maximum absolute atomic E-state index is 12.6. The van der Waals surface area contributed by atoms with Crippen LogP contribution in [0, 0.1) is 12.8 Å². The Morgan fingerprint density at radius 2 is 2.29 bits per heavy atom. The van der Waals surface area contributed by atoms with Crippen LogP contribution in [0.25, 0.3) is 0 Å². The number of carbonyl (C=O) groups is 1. The third kappa shape index (κ3) is 3.51. The topological polar surface area (TPSA) is 26.3 Å². The van der Waals surface area contributed by atoms with Crippen molar-refractivity contribution >= 4 is 17.5 Å². The zero-order valence-corrected chi connectivity index (χ0v) is 13.6. The average molecular weight is 304 g/mol. The number of hydrogen-bond donors (Lipinski definition) is 0. The van der Waals surface area contributed by atoms with Crippen LogP contribution in [0.3, 0.4) is 0 Å². The van der Waals surface area contributed by atoms with Crippen molar-refractivity contribution in [3.05, 3.63) is 35.4 Å². The van der Waals surface area contributed by atoms with Crippen LogP contribution in [0.2, 0.25) is 0 Å². The molecule has 0 aromatic heterocycles. The van der Waals surface area contributed by atoms with E-state index in [1.165, 1.54) is 16.9 Å². The highest BCUT2D eigenvalue weighted by Crippen LogP contribution is 2.40. The summed E-state index contributed by atoms with van der Waals surface area (Å²) in [4.78, 5) is 12.6. The van der Waals surface area contributed by atoms with Crippen LogP contribution in [-0.2, 0) is 16.0 Å². The molecule has 114 valence electrons. The number of benzene rings is 1. The molecule has 1 aromatic carbocycles. The van der Waals surface area contributed by atoms with E-state index < -0.39 is 0 Å². The summed E-state index contributed by atoms with van der Waals surface area (Å²) in [5.74, 6) is 2.93. The van der Waals surface area contributed by atoms with Crippen LogP contribution in [0.1, 0.15) is 36.8 Å². The summed E-state index contributed by atoms with van der Waals surface area (Å²) in [6.45, 7) is 2.89. The summed E-state index contributed by atoms with van der Waals surface area (Å²) < 4.78 is 6.02.